The first-order valence-electron chi connectivity index (χ1n) is 19.2. The Labute approximate surface area is 326 Å². The summed E-state index contributed by atoms with van der Waals surface area (Å²) in [6, 6.07) is 76.5. The maximum absolute atomic E-state index is 7.18. The zero-order chi connectivity index (χ0) is 37.0. The van der Waals surface area contributed by atoms with Crippen molar-refractivity contribution in [2.45, 2.75) is 0 Å². The third kappa shape index (κ3) is 5.51. The first-order chi connectivity index (χ1) is 27.7. The molecule has 0 spiro atoms. The number of hydrogen-bond acceptors (Lipinski definition) is 2. The fourth-order valence-corrected chi connectivity index (χ4v) is 8.38. The van der Waals surface area contributed by atoms with Gasteiger partial charge >= 0.3 is 0 Å². The molecular weight excluding hydrogens is 679 g/mol. The molecule has 10 aromatic carbocycles. The molecule has 0 fully saturated rings. The smallest absolute Gasteiger partial charge is 0.143 e. The van der Waals surface area contributed by atoms with E-state index in [0.29, 0.717) is 0 Å². The zero-order valence-electron chi connectivity index (χ0n) is 30.6. The first-order valence-corrected chi connectivity index (χ1v) is 19.2. The molecule has 0 radical (unpaired) electrons. The van der Waals surface area contributed by atoms with Crippen molar-refractivity contribution in [2.24, 2.45) is 0 Å². The van der Waals surface area contributed by atoms with Crippen LogP contribution >= 0.6 is 0 Å². The van der Waals surface area contributed by atoms with E-state index >= 15 is 0 Å². The number of nitrogens with zero attached hydrogens (tertiary/aromatic N) is 1. The lowest BCUT2D eigenvalue weighted by Crippen LogP contribution is -2.10. The van der Waals surface area contributed by atoms with Gasteiger partial charge in [-0.15, -0.1) is 0 Å². The summed E-state index contributed by atoms with van der Waals surface area (Å²) >= 11 is 0. The molecule has 0 bridgehead atoms. The molecule has 1 aliphatic heterocycles. The largest absolute Gasteiger partial charge is 0.455 e. The normalized spacial score (nSPS) is 11.7. The molecule has 0 saturated carbocycles. The first kappa shape index (κ1) is 32.0. The van der Waals surface area contributed by atoms with Crippen molar-refractivity contribution in [3.63, 3.8) is 0 Å². The Hall–Kier alpha value is -7.42. The molecule has 0 unspecified atom stereocenters. The summed E-state index contributed by atoms with van der Waals surface area (Å²) in [4.78, 5) is 2.34. The van der Waals surface area contributed by atoms with Gasteiger partial charge in [-0.25, -0.2) is 0 Å². The van der Waals surface area contributed by atoms with Crippen molar-refractivity contribution in [1.29, 1.82) is 0 Å². The molecule has 0 atom stereocenters. The lowest BCUT2D eigenvalue weighted by atomic mass is 9.89. The molecule has 0 aromatic heterocycles. The summed E-state index contributed by atoms with van der Waals surface area (Å²) in [7, 11) is 0. The maximum atomic E-state index is 7.18. The minimum absolute atomic E-state index is 0.823. The Bertz CT molecular complexity index is 3110. The van der Waals surface area contributed by atoms with Crippen molar-refractivity contribution < 1.29 is 4.74 Å². The van der Waals surface area contributed by atoms with Crippen LogP contribution in [0.3, 0.4) is 0 Å². The van der Waals surface area contributed by atoms with E-state index < -0.39 is 0 Å². The number of hydrogen-bond donors (Lipinski definition) is 0. The summed E-state index contributed by atoms with van der Waals surface area (Å²) in [5.41, 5.74) is 12.4. The van der Waals surface area contributed by atoms with E-state index in [-0.39, 0.29) is 0 Å². The molecule has 0 N–H and O–H groups in total. The third-order valence-corrected chi connectivity index (χ3v) is 11.2. The minimum Gasteiger partial charge on any atom is -0.455 e. The number of anilines is 3. The third-order valence-electron chi connectivity index (χ3n) is 11.2. The van der Waals surface area contributed by atoms with Crippen molar-refractivity contribution in [3.05, 3.63) is 212 Å². The highest BCUT2D eigenvalue weighted by Gasteiger charge is 2.25. The second kappa shape index (κ2) is 13.2. The van der Waals surface area contributed by atoms with Crippen LogP contribution in [0.25, 0.3) is 76.8 Å². The van der Waals surface area contributed by atoms with Gasteiger partial charge in [0.2, 0.25) is 0 Å². The SMILES string of the molecule is c1ccc(-c2ccc(N(c3ccc4c(c3)Oc3c(ccc5ccccc35)-c3cc(-c5ccc6ccccc6c5)ccc3-4)c3ccc4ccccc4c3)cc2)cc1. The maximum Gasteiger partial charge on any atom is 0.143 e. The fraction of sp³-hybridized carbons (Fsp3) is 0. The van der Waals surface area contributed by atoms with E-state index in [0.717, 1.165) is 61.6 Å². The Kier molecular flexibility index (Phi) is 7.53. The van der Waals surface area contributed by atoms with Crippen molar-refractivity contribution in [1.82, 2.24) is 0 Å². The monoisotopic (exact) mass is 713 g/mol. The molecular formula is C54H35NO. The average Bonchev–Trinajstić information content (AvgIpc) is 3.41. The molecule has 56 heavy (non-hydrogen) atoms. The molecule has 1 heterocycles. The fourth-order valence-electron chi connectivity index (χ4n) is 8.38. The summed E-state index contributed by atoms with van der Waals surface area (Å²) in [6.07, 6.45) is 0. The molecule has 0 saturated heterocycles. The predicted molar refractivity (Wildman–Crippen MR) is 235 cm³/mol. The van der Waals surface area contributed by atoms with Crippen LogP contribution in [0.4, 0.5) is 17.1 Å². The van der Waals surface area contributed by atoms with Gasteiger partial charge in [0, 0.05) is 39.6 Å². The minimum atomic E-state index is 0.823. The van der Waals surface area contributed by atoms with Gasteiger partial charge in [-0.3, -0.25) is 0 Å². The van der Waals surface area contributed by atoms with Crippen LogP contribution in [-0.4, -0.2) is 0 Å². The number of benzene rings is 10. The van der Waals surface area contributed by atoms with Crippen molar-refractivity contribution >= 4 is 49.4 Å². The van der Waals surface area contributed by atoms with Gasteiger partial charge in [-0.05, 0) is 115 Å². The van der Waals surface area contributed by atoms with Crippen molar-refractivity contribution in [2.75, 3.05) is 4.90 Å². The second-order valence-corrected chi connectivity index (χ2v) is 14.5. The van der Waals surface area contributed by atoms with Gasteiger partial charge in [-0.1, -0.05) is 152 Å². The summed E-state index contributed by atoms with van der Waals surface area (Å²) < 4.78 is 7.18. The van der Waals surface area contributed by atoms with Gasteiger partial charge in [0.15, 0.2) is 0 Å². The highest BCUT2D eigenvalue weighted by molar-refractivity contribution is 6.02. The van der Waals surface area contributed by atoms with Crippen LogP contribution in [0, 0.1) is 0 Å². The van der Waals surface area contributed by atoms with Gasteiger partial charge in [0.25, 0.3) is 0 Å². The molecule has 2 nitrogen and oxygen atoms in total. The Balaban J connectivity index is 1.10. The quantitative estimate of drug-likeness (QED) is 0.176. The van der Waals surface area contributed by atoms with E-state index in [1.165, 1.54) is 43.8 Å². The van der Waals surface area contributed by atoms with E-state index in [1.54, 1.807) is 0 Å². The molecule has 0 amide bonds. The Morgan fingerprint density at radius 1 is 0.286 bits per heavy atom. The Morgan fingerprint density at radius 2 is 0.804 bits per heavy atom. The molecule has 10 aromatic rings. The van der Waals surface area contributed by atoms with E-state index in [1.807, 2.05) is 0 Å². The molecule has 11 rings (SSSR count). The van der Waals surface area contributed by atoms with Crippen LogP contribution in [0.15, 0.2) is 212 Å². The number of fused-ring (bicyclic) bond motifs is 9. The van der Waals surface area contributed by atoms with Gasteiger partial charge < -0.3 is 9.64 Å². The molecule has 262 valence electrons. The number of rotatable bonds is 5. The highest BCUT2D eigenvalue weighted by Crippen LogP contribution is 2.52. The topological polar surface area (TPSA) is 12.5 Å². The van der Waals surface area contributed by atoms with Gasteiger partial charge in [-0.2, -0.15) is 0 Å². The predicted octanol–water partition coefficient (Wildman–Crippen LogP) is 15.4. The lowest BCUT2D eigenvalue weighted by Gasteiger charge is -2.27. The van der Waals surface area contributed by atoms with Gasteiger partial charge in [0.05, 0.1) is 0 Å². The summed E-state index contributed by atoms with van der Waals surface area (Å²) in [5, 5.41) is 7.12. The summed E-state index contributed by atoms with van der Waals surface area (Å²) in [5.74, 6) is 1.70. The molecule has 0 aliphatic carbocycles. The lowest BCUT2D eigenvalue weighted by molar-refractivity contribution is 0.493. The van der Waals surface area contributed by atoms with Crippen LogP contribution < -0.4 is 9.64 Å². The standard InChI is InChI=1S/C54H35NO/c1-2-10-36(11-3-1)39-20-25-45(26-21-39)55(46-27-22-38-13-5-7-16-42(38)33-46)47-28-31-50-49-29-24-44(43-19-18-37-12-4-6-15-41(37)32-43)34-52(49)51-30-23-40-14-8-9-17-48(40)54(51)56-53(50)35-47/h1-35H. The van der Waals surface area contributed by atoms with Crippen LogP contribution in [-0.2, 0) is 0 Å². The van der Waals surface area contributed by atoms with Crippen molar-refractivity contribution in [3.8, 4) is 56.0 Å². The number of ether oxygens (including phenoxy) is 1. The van der Waals surface area contributed by atoms with Crippen LogP contribution in [0.2, 0.25) is 0 Å². The molecule has 1 aliphatic rings. The van der Waals surface area contributed by atoms with Crippen LogP contribution in [0.1, 0.15) is 0 Å². The summed E-state index contributed by atoms with van der Waals surface area (Å²) in [6.45, 7) is 0. The molecule has 2 heteroatoms. The van der Waals surface area contributed by atoms with E-state index in [4.69, 9.17) is 4.74 Å². The Morgan fingerprint density at radius 3 is 1.61 bits per heavy atom. The second-order valence-electron chi connectivity index (χ2n) is 14.5. The van der Waals surface area contributed by atoms with Gasteiger partial charge in [0.1, 0.15) is 11.5 Å². The average molecular weight is 714 g/mol. The van der Waals surface area contributed by atoms with Crippen LogP contribution in [0.5, 0.6) is 11.5 Å². The highest BCUT2D eigenvalue weighted by atomic mass is 16.5. The van der Waals surface area contributed by atoms with E-state index in [9.17, 15) is 0 Å². The van der Waals surface area contributed by atoms with E-state index in [2.05, 4.69) is 217 Å². The zero-order valence-corrected chi connectivity index (χ0v) is 30.6.